The molecule has 0 unspecified atom stereocenters. The van der Waals surface area contributed by atoms with Crippen molar-refractivity contribution < 1.29 is 9.53 Å². The van der Waals surface area contributed by atoms with Gasteiger partial charge in [0.1, 0.15) is 5.75 Å². The number of hydrogen-bond donors (Lipinski definition) is 3. The lowest BCUT2D eigenvalue weighted by Crippen LogP contribution is -2.20. The first-order valence-electron chi connectivity index (χ1n) is 6.59. The molecule has 4 N–H and O–H groups in total. The number of carbonyl (C=O) groups is 1. The van der Waals surface area contributed by atoms with Crippen LogP contribution < -0.4 is 21.1 Å². The number of carbonyl (C=O) groups excluding carboxylic acids is 1. The number of urea groups is 1. The minimum atomic E-state index is -0.319. The number of benzene rings is 2. The minimum absolute atomic E-state index is 0.319. The van der Waals surface area contributed by atoms with Crippen molar-refractivity contribution in [1.29, 1.82) is 0 Å². The van der Waals surface area contributed by atoms with Crippen LogP contribution in [0.3, 0.4) is 0 Å². The fourth-order valence-corrected chi connectivity index (χ4v) is 2.03. The first-order chi connectivity index (χ1) is 10.0. The molecule has 0 saturated carbocycles. The lowest BCUT2D eigenvalue weighted by atomic mass is 10.1. The van der Waals surface area contributed by atoms with Gasteiger partial charge < -0.3 is 21.1 Å². The van der Waals surface area contributed by atoms with E-state index in [1.165, 1.54) is 0 Å². The molecule has 0 bridgehead atoms. The van der Waals surface area contributed by atoms with Crippen molar-refractivity contribution in [3.8, 4) is 5.75 Å². The average Bonchev–Trinajstić information content (AvgIpc) is 2.48. The topological polar surface area (TPSA) is 76.4 Å². The highest BCUT2D eigenvalue weighted by molar-refractivity contribution is 6.01. The standard InChI is InChI=1S/C16H19N3O2/c1-10-7-8-14(17)11(2)15(10)19-16(20)18-12-5-4-6-13(9-12)21-3/h4-9H,17H2,1-3H3,(H2,18,19,20). The number of methoxy groups -OCH3 is 1. The third-order valence-electron chi connectivity index (χ3n) is 3.28. The summed E-state index contributed by atoms with van der Waals surface area (Å²) in [5.74, 6) is 0.684. The fourth-order valence-electron chi connectivity index (χ4n) is 2.03. The normalized spacial score (nSPS) is 10.0. The van der Waals surface area contributed by atoms with Gasteiger partial charge in [0.15, 0.2) is 0 Å². The molecule has 2 aromatic carbocycles. The zero-order chi connectivity index (χ0) is 15.4. The lowest BCUT2D eigenvalue weighted by Gasteiger charge is -2.14. The number of nitrogens with one attached hydrogen (secondary N) is 2. The largest absolute Gasteiger partial charge is 0.497 e. The second-order valence-electron chi connectivity index (χ2n) is 4.78. The van der Waals surface area contributed by atoms with Crippen LogP contribution in [-0.2, 0) is 0 Å². The van der Waals surface area contributed by atoms with Crippen molar-refractivity contribution in [2.24, 2.45) is 0 Å². The Hall–Kier alpha value is -2.69. The Balaban J connectivity index is 2.13. The Bertz CT molecular complexity index is 669. The molecule has 0 radical (unpaired) electrons. The summed E-state index contributed by atoms with van der Waals surface area (Å²) in [6, 6.07) is 10.6. The average molecular weight is 285 g/mol. The van der Waals surface area contributed by atoms with E-state index < -0.39 is 0 Å². The summed E-state index contributed by atoms with van der Waals surface area (Å²) in [7, 11) is 1.58. The summed E-state index contributed by atoms with van der Waals surface area (Å²) in [5.41, 5.74) is 9.73. The fraction of sp³-hybridized carbons (Fsp3) is 0.188. The number of hydrogen-bond acceptors (Lipinski definition) is 3. The number of aryl methyl sites for hydroxylation is 1. The van der Waals surface area contributed by atoms with Crippen LogP contribution >= 0.6 is 0 Å². The van der Waals surface area contributed by atoms with E-state index in [-0.39, 0.29) is 6.03 Å². The van der Waals surface area contributed by atoms with Crippen LogP contribution in [0.1, 0.15) is 11.1 Å². The predicted molar refractivity (Wildman–Crippen MR) is 86.0 cm³/mol. The van der Waals surface area contributed by atoms with E-state index in [1.54, 1.807) is 19.2 Å². The van der Waals surface area contributed by atoms with Crippen LogP contribution in [0.15, 0.2) is 36.4 Å². The van der Waals surface area contributed by atoms with Crippen LogP contribution in [0.4, 0.5) is 21.9 Å². The summed E-state index contributed by atoms with van der Waals surface area (Å²) in [5, 5.41) is 5.60. The molecule has 0 aliphatic heterocycles. The Labute approximate surface area is 124 Å². The zero-order valence-corrected chi connectivity index (χ0v) is 12.4. The minimum Gasteiger partial charge on any atom is -0.497 e. The quantitative estimate of drug-likeness (QED) is 0.755. The lowest BCUT2D eigenvalue weighted by molar-refractivity contribution is 0.262. The SMILES string of the molecule is COc1cccc(NC(=O)Nc2c(C)ccc(N)c2C)c1. The molecule has 2 aromatic rings. The van der Waals surface area contributed by atoms with E-state index in [4.69, 9.17) is 10.5 Å². The van der Waals surface area contributed by atoms with Crippen molar-refractivity contribution in [2.45, 2.75) is 13.8 Å². The van der Waals surface area contributed by atoms with Crippen molar-refractivity contribution in [2.75, 3.05) is 23.5 Å². The van der Waals surface area contributed by atoms with Crippen molar-refractivity contribution in [1.82, 2.24) is 0 Å². The van der Waals surface area contributed by atoms with E-state index in [0.29, 0.717) is 17.1 Å². The van der Waals surface area contributed by atoms with Crippen LogP contribution in [0.25, 0.3) is 0 Å². The first kappa shape index (κ1) is 14.7. The Morgan fingerprint density at radius 2 is 1.90 bits per heavy atom. The van der Waals surface area contributed by atoms with Gasteiger partial charge in [0.25, 0.3) is 0 Å². The number of anilines is 3. The first-order valence-corrected chi connectivity index (χ1v) is 6.59. The number of rotatable bonds is 3. The van der Waals surface area contributed by atoms with E-state index in [9.17, 15) is 4.79 Å². The molecule has 0 fully saturated rings. The highest BCUT2D eigenvalue weighted by Gasteiger charge is 2.09. The van der Waals surface area contributed by atoms with Crippen LogP contribution in [0.2, 0.25) is 0 Å². The third-order valence-corrected chi connectivity index (χ3v) is 3.28. The van der Waals surface area contributed by atoms with E-state index >= 15 is 0 Å². The number of nitrogen functional groups attached to an aromatic ring is 1. The van der Waals surface area contributed by atoms with Gasteiger partial charge in [-0.1, -0.05) is 12.1 Å². The van der Waals surface area contributed by atoms with Gasteiger partial charge in [0.05, 0.1) is 12.8 Å². The maximum absolute atomic E-state index is 12.1. The Morgan fingerprint density at radius 1 is 1.14 bits per heavy atom. The van der Waals surface area contributed by atoms with Gasteiger partial charge in [-0.05, 0) is 43.2 Å². The Kier molecular flexibility index (Phi) is 4.33. The molecule has 2 rings (SSSR count). The molecule has 21 heavy (non-hydrogen) atoms. The molecule has 2 amide bonds. The predicted octanol–water partition coefficient (Wildman–Crippen LogP) is 3.54. The summed E-state index contributed by atoms with van der Waals surface area (Å²) >= 11 is 0. The molecule has 0 aliphatic rings. The smallest absolute Gasteiger partial charge is 0.323 e. The molecule has 0 spiro atoms. The molecule has 0 aliphatic carbocycles. The maximum Gasteiger partial charge on any atom is 0.323 e. The van der Waals surface area contributed by atoms with Gasteiger partial charge in [-0.2, -0.15) is 0 Å². The zero-order valence-electron chi connectivity index (χ0n) is 12.4. The molecule has 110 valence electrons. The van der Waals surface area contributed by atoms with Crippen molar-refractivity contribution in [3.63, 3.8) is 0 Å². The molecule has 0 atom stereocenters. The molecule has 0 saturated heterocycles. The molecule has 0 heterocycles. The van der Waals surface area contributed by atoms with Gasteiger partial charge in [-0.15, -0.1) is 0 Å². The number of ether oxygens (including phenoxy) is 1. The second-order valence-corrected chi connectivity index (χ2v) is 4.78. The van der Waals surface area contributed by atoms with E-state index in [0.717, 1.165) is 16.8 Å². The molecule has 5 nitrogen and oxygen atoms in total. The monoisotopic (exact) mass is 285 g/mol. The van der Waals surface area contributed by atoms with E-state index in [1.807, 2.05) is 38.1 Å². The summed E-state index contributed by atoms with van der Waals surface area (Å²) in [6.07, 6.45) is 0. The highest BCUT2D eigenvalue weighted by atomic mass is 16.5. The molecular weight excluding hydrogens is 266 g/mol. The van der Waals surface area contributed by atoms with Crippen LogP contribution in [-0.4, -0.2) is 13.1 Å². The van der Waals surface area contributed by atoms with Gasteiger partial charge in [-0.25, -0.2) is 4.79 Å². The van der Waals surface area contributed by atoms with Gasteiger partial charge in [-0.3, -0.25) is 0 Å². The second kappa shape index (κ2) is 6.17. The van der Waals surface area contributed by atoms with E-state index in [2.05, 4.69) is 10.6 Å². The van der Waals surface area contributed by atoms with Gasteiger partial charge in [0, 0.05) is 17.4 Å². The third kappa shape index (κ3) is 3.45. The van der Waals surface area contributed by atoms with Crippen molar-refractivity contribution in [3.05, 3.63) is 47.5 Å². The Morgan fingerprint density at radius 3 is 2.62 bits per heavy atom. The van der Waals surface area contributed by atoms with Crippen LogP contribution in [0, 0.1) is 13.8 Å². The van der Waals surface area contributed by atoms with Crippen molar-refractivity contribution >= 4 is 23.1 Å². The number of nitrogens with two attached hydrogens (primary N) is 1. The molecule has 0 aromatic heterocycles. The summed E-state index contributed by atoms with van der Waals surface area (Å²) in [6.45, 7) is 3.80. The molecule has 5 heteroatoms. The van der Waals surface area contributed by atoms with Crippen LogP contribution in [0.5, 0.6) is 5.75 Å². The van der Waals surface area contributed by atoms with Gasteiger partial charge in [0.2, 0.25) is 0 Å². The summed E-state index contributed by atoms with van der Waals surface area (Å²) < 4.78 is 5.12. The summed E-state index contributed by atoms with van der Waals surface area (Å²) in [4.78, 5) is 12.1. The highest BCUT2D eigenvalue weighted by Crippen LogP contribution is 2.25. The number of amides is 2. The maximum atomic E-state index is 12.1. The van der Waals surface area contributed by atoms with Gasteiger partial charge >= 0.3 is 6.03 Å². The molecular formula is C16H19N3O2.